The summed E-state index contributed by atoms with van der Waals surface area (Å²) in [5.74, 6) is 1.61. The van der Waals surface area contributed by atoms with Gasteiger partial charge in [0.15, 0.2) is 0 Å². The van der Waals surface area contributed by atoms with Gasteiger partial charge in [-0.05, 0) is 73.7 Å². The molecule has 4 aromatic rings. The molecule has 2 aromatic carbocycles. The zero-order valence-electron chi connectivity index (χ0n) is 21.2. The molecule has 38 heavy (non-hydrogen) atoms. The van der Waals surface area contributed by atoms with Gasteiger partial charge in [-0.1, -0.05) is 12.1 Å². The van der Waals surface area contributed by atoms with Gasteiger partial charge in [0.1, 0.15) is 11.3 Å². The molecule has 0 spiro atoms. The number of hydrogen-bond acceptors (Lipinski definition) is 8. The van der Waals surface area contributed by atoms with E-state index in [1.165, 1.54) is 0 Å². The van der Waals surface area contributed by atoms with E-state index < -0.39 is 10.0 Å². The lowest BCUT2D eigenvalue weighted by Crippen LogP contribution is -2.39. The van der Waals surface area contributed by atoms with Crippen LogP contribution < -0.4 is 15.2 Å². The fraction of sp³-hybridized carbons (Fsp3) is 0.296. The van der Waals surface area contributed by atoms with Crippen molar-refractivity contribution in [2.45, 2.75) is 44.2 Å². The average Bonchev–Trinajstić information content (AvgIpc) is 3.36. The number of piperidine rings is 1. The molecule has 0 unspecified atom stereocenters. The lowest BCUT2D eigenvalue weighted by molar-refractivity contribution is 0.211. The molecule has 3 heterocycles. The highest BCUT2D eigenvalue weighted by Crippen LogP contribution is 2.33. The predicted molar refractivity (Wildman–Crippen MR) is 144 cm³/mol. The number of rotatable bonds is 7. The van der Waals surface area contributed by atoms with Crippen LogP contribution >= 0.6 is 0 Å². The van der Waals surface area contributed by atoms with Crippen molar-refractivity contribution in [3.63, 3.8) is 0 Å². The molecule has 4 N–H and O–H groups in total. The van der Waals surface area contributed by atoms with E-state index >= 15 is 0 Å². The number of sulfonamides is 1. The molecule has 0 amide bonds. The van der Waals surface area contributed by atoms with Gasteiger partial charge in [0.2, 0.25) is 21.9 Å². The van der Waals surface area contributed by atoms with Gasteiger partial charge in [-0.15, -0.1) is 0 Å². The van der Waals surface area contributed by atoms with Crippen LogP contribution in [0, 0.1) is 25.2 Å². The van der Waals surface area contributed by atoms with Crippen LogP contribution in [0.5, 0.6) is 11.6 Å². The maximum atomic E-state index is 11.5. The van der Waals surface area contributed by atoms with Crippen LogP contribution in [0.3, 0.4) is 0 Å². The Morgan fingerprint density at radius 2 is 1.82 bits per heavy atom. The zero-order valence-corrected chi connectivity index (χ0v) is 22.0. The molecule has 1 saturated heterocycles. The van der Waals surface area contributed by atoms with Crippen LogP contribution in [0.2, 0.25) is 0 Å². The fourth-order valence-corrected chi connectivity index (χ4v) is 5.30. The number of benzene rings is 2. The maximum Gasteiger partial charge on any atom is 0.248 e. The van der Waals surface area contributed by atoms with Gasteiger partial charge in [-0.3, -0.25) is 4.90 Å². The Bertz CT molecular complexity index is 1590. The second-order valence-corrected chi connectivity index (χ2v) is 11.2. The summed E-state index contributed by atoms with van der Waals surface area (Å²) in [6.07, 6.45) is 3.63. The smallest absolute Gasteiger partial charge is 0.248 e. The van der Waals surface area contributed by atoms with Crippen LogP contribution in [0.4, 0.5) is 5.95 Å². The number of likely N-dealkylation sites (tertiary alicyclic amines) is 1. The number of fused-ring (bicyclic) bond motifs is 1. The van der Waals surface area contributed by atoms with E-state index in [2.05, 4.69) is 31.2 Å². The third-order valence-corrected chi connectivity index (χ3v) is 7.67. The van der Waals surface area contributed by atoms with Crippen molar-refractivity contribution in [2.75, 3.05) is 18.4 Å². The highest BCUT2D eigenvalue weighted by molar-refractivity contribution is 7.89. The Hall–Kier alpha value is -3.98. The molecular weight excluding hydrogens is 502 g/mol. The third kappa shape index (κ3) is 5.62. The monoisotopic (exact) mass is 531 g/mol. The first-order valence-electron chi connectivity index (χ1n) is 12.3. The van der Waals surface area contributed by atoms with Gasteiger partial charge in [0.05, 0.1) is 22.0 Å². The molecule has 0 bridgehead atoms. The second kappa shape index (κ2) is 10.4. The first-order valence-corrected chi connectivity index (χ1v) is 13.9. The van der Waals surface area contributed by atoms with Crippen molar-refractivity contribution in [3.8, 4) is 17.7 Å². The van der Waals surface area contributed by atoms with Crippen LogP contribution in [0.15, 0.2) is 53.6 Å². The lowest BCUT2D eigenvalue weighted by Gasteiger charge is -2.32. The Balaban J connectivity index is 1.25. The number of H-pyrrole nitrogens is 1. The molecule has 0 radical (unpaired) electrons. The molecule has 0 atom stereocenters. The molecule has 1 fully saturated rings. The largest absolute Gasteiger partial charge is 0.436 e. The minimum absolute atomic E-state index is 0.122. The third-order valence-electron chi connectivity index (χ3n) is 6.74. The summed E-state index contributed by atoms with van der Waals surface area (Å²) >= 11 is 0. The van der Waals surface area contributed by atoms with Crippen molar-refractivity contribution >= 4 is 27.0 Å². The number of nitrogens with two attached hydrogens (primary N) is 1. The maximum absolute atomic E-state index is 11.5. The average molecular weight is 532 g/mol. The van der Waals surface area contributed by atoms with E-state index in [1.807, 2.05) is 38.2 Å². The van der Waals surface area contributed by atoms with Crippen molar-refractivity contribution in [1.82, 2.24) is 19.9 Å². The van der Waals surface area contributed by atoms with Gasteiger partial charge in [0.25, 0.3) is 0 Å². The van der Waals surface area contributed by atoms with E-state index in [0.717, 1.165) is 54.7 Å². The van der Waals surface area contributed by atoms with Gasteiger partial charge >= 0.3 is 0 Å². The van der Waals surface area contributed by atoms with E-state index in [9.17, 15) is 13.7 Å². The van der Waals surface area contributed by atoms with E-state index in [0.29, 0.717) is 28.7 Å². The molecule has 11 heteroatoms. The number of ether oxygens (including phenoxy) is 1. The Kier molecular flexibility index (Phi) is 7.03. The molecule has 1 aliphatic heterocycles. The number of nitrogens with zero attached hydrogens (tertiary/aromatic N) is 4. The lowest BCUT2D eigenvalue weighted by atomic mass is 10.0. The van der Waals surface area contributed by atoms with Crippen LogP contribution in [0.25, 0.3) is 11.0 Å². The highest BCUT2D eigenvalue weighted by Gasteiger charge is 2.22. The van der Waals surface area contributed by atoms with Crippen LogP contribution in [-0.2, 0) is 16.6 Å². The molecule has 196 valence electrons. The summed E-state index contributed by atoms with van der Waals surface area (Å²) in [5.41, 5.74) is 4.82. The van der Waals surface area contributed by atoms with Crippen LogP contribution in [0.1, 0.15) is 35.1 Å². The van der Waals surface area contributed by atoms with Crippen molar-refractivity contribution in [2.24, 2.45) is 5.14 Å². The van der Waals surface area contributed by atoms with E-state index in [1.54, 1.807) is 24.3 Å². The second-order valence-electron chi connectivity index (χ2n) is 9.63. The SMILES string of the molecule is Cc1cc(C#N)cc(C)c1Oc1nc(NC2CCN(Cc3ccc(S(N)(=O)=O)cc3)CC2)nc2cc[nH]c12. The summed E-state index contributed by atoms with van der Waals surface area (Å²) in [6.45, 7) is 6.34. The molecular formula is C27H29N7O3S. The van der Waals surface area contributed by atoms with Gasteiger partial charge < -0.3 is 15.0 Å². The minimum atomic E-state index is -3.68. The number of nitriles is 1. The predicted octanol–water partition coefficient (Wildman–Crippen LogP) is 3.96. The van der Waals surface area contributed by atoms with Crippen molar-refractivity contribution < 1.29 is 13.2 Å². The van der Waals surface area contributed by atoms with Crippen molar-refractivity contribution in [3.05, 3.63) is 70.9 Å². The first-order chi connectivity index (χ1) is 18.2. The molecule has 0 saturated carbocycles. The minimum Gasteiger partial charge on any atom is -0.436 e. The molecule has 1 aliphatic rings. The normalized spacial score (nSPS) is 14.9. The Labute approximate surface area is 221 Å². The highest BCUT2D eigenvalue weighted by atomic mass is 32.2. The summed E-state index contributed by atoms with van der Waals surface area (Å²) in [7, 11) is -3.68. The number of aromatic amines is 1. The number of hydrogen-bond donors (Lipinski definition) is 3. The standard InChI is InChI=1S/C27H29N7O3S/c1-17-13-20(15-28)14-18(2)25(17)37-26-24-23(7-10-30-24)32-27(33-26)31-21-8-11-34(12-9-21)16-19-3-5-22(6-4-19)38(29,35)36/h3-7,10,13-14,21,30H,8-9,11-12,16H2,1-2H3,(H2,29,35,36)(H,31,32,33). The van der Waals surface area contributed by atoms with E-state index in [-0.39, 0.29) is 10.9 Å². The Morgan fingerprint density at radius 3 is 2.45 bits per heavy atom. The molecule has 0 aliphatic carbocycles. The Morgan fingerprint density at radius 1 is 1.13 bits per heavy atom. The fourth-order valence-electron chi connectivity index (χ4n) is 4.79. The number of aromatic nitrogens is 3. The summed E-state index contributed by atoms with van der Waals surface area (Å²) in [4.78, 5) is 15.0. The number of primary sulfonamides is 1. The summed E-state index contributed by atoms with van der Waals surface area (Å²) in [6, 6.07) is 14.6. The van der Waals surface area contributed by atoms with E-state index in [4.69, 9.17) is 9.88 Å². The zero-order chi connectivity index (χ0) is 26.9. The first kappa shape index (κ1) is 25.7. The summed E-state index contributed by atoms with van der Waals surface area (Å²) < 4.78 is 29.2. The van der Waals surface area contributed by atoms with Crippen LogP contribution in [-0.4, -0.2) is 47.4 Å². The topological polar surface area (TPSA) is 150 Å². The summed E-state index contributed by atoms with van der Waals surface area (Å²) in [5, 5.41) is 17.9. The number of nitrogens with one attached hydrogen (secondary N) is 2. The van der Waals surface area contributed by atoms with Gasteiger partial charge in [0, 0.05) is 31.9 Å². The van der Waals surface area contributed by atoms with Crippen molar-refractivity contribution in [1.29, 1.82) is 5.26 Å². The molecule has 10 nitrogen and oxygen atoms in total. The van der Waals surface area contributed by atoms with Gasteiger partial charge in [-0.25, -0.2) is 18.5 Å². The molecule has 5 rings (SSSR count). The number of aryl methyl sites for hydroxylation is 2. The molecule has 2 aromatic heterocycles. The quantitative estimate of drug-likeness (QED) is 0.324. The van der Waals surface area contributed by atoms with Gasteiger partial charge in [-0.2, -0.15) is 10.2 Å². The number of anilines is 1.